The summed E-state index contributed by atoms with van der Waals surface area (Å²) in [7, 11) is 0. The summed E-state index contributed by atoms with van der Waals surface area (Å²) in [5.41, 5.74) is 7.64. The van der Waals surface area contributed by atoms with Crippen LogP contribution in [-0.2, 0) is 35.2 Å². The van der Waals surface area contributed by atoms with Gasteiger partial charge < -0.3 is 24.8 Å². The third kappa shape index (κ3) is 9.72. The molecular formula is C32H41N3O7S. The highest BCUT2D eigenvalue weighted by atomic mass is 32.2. The van der Waals surface area contributed by atoms with Gasteiger partial charge in [0.1, 0.15) is 13.2 Å². The molecule has 0 aromatic heterocycles. The number of hydrogen-bond acceptors (Lipinski definition) is 9. The van der Waals surface area contributed by atoms with Gasteiger partial charge in [-0.25, -0.2) is 9.59 Å². The SMILES string of the molecule is CCOC(=O)[C@@H](CCCCC1CCN(C(=O)OCc2ccccc2)CC1)OC(=O)CN1C(=O)C[C@H](N)Sc2ccccc21. The first-order valence-electron chi connectivity index (χ1n) is 15.0. The van der Waals surface area contributed by atoms with Gasteiger partial charge in [0, 0.05) is 18.0 Å². The maximum atomic E-state index is 13.0. The van der Waals surface area contributed by atoms with E-state index >= 15 is 0 Å². The number of amides is 2. The molecule has 232 valence electrons. The van der Waals surface area contributed by atoms with Crippen molar-refractivity contribution in [1.82, 2.24) is 4.90 Å². The highest BCUT2D eigenvalue weighted by Crippen LogP contribution is 2.36. The van der Waals surface area contributed by atoms with E-state index < -0.39 is 23.4 Å². The van der Waals surface area contributed by atoms with Crippen molar-refractivity contribution in [1.29, 1.82) is 0 Å². The molecule has 2 amide bonds. The lowest BCUT2D eigenvalue weighted by atomic mass is 9.91. The summed E-state index contributed by atoms with van der Waals surface area (Å²) in [5.74, 6) is -1.06. The first-order chi connectivity index (χ1) is 20.8. The zero-order valence-electron chi connectivity index (χ0n) is 24.7. The largest absolute Gasteiger partial charge is 0.463 e. The zero-order valence-corrected chi connectivity index (χ0v) is 25.5. The number of anilines is 1. The second-order valence-electron chi connectivity index (χ2n) is 10.8. The number of carbonyl (C=O) groups excluding carboxylic acids is 4. The van der Waals surface area contributed by atoms with Gasteiger partial charge in [0.2, 0.25) is 5.91 Å². The van der Waals surface area contributed by atoms with Crippen LogP contribution >= 0.6 is 11.8 Å². The average molecular weight is 612 g/mol. The molecular weight excluding hydrogens is 570 g/mol. The summed E-state index contributed by atoms with van der Waals surface area (Å²) in [6, 6.07) is 16.9. The predicted molar refractivity (Wildman–Crippen MR) is 163 cm³/mol. The Kier molecular flexibility index (Phi) is 12.3. The summed E-state index contributed by atoms with van der Waals surface area (Å²) in [6.07, 6.45) is 3.36. The molecule has 43 heavy (non-hydrogen) atoms. The molecule has 11 heteroatoms. The first-order valence-corrected chi connectivity index (χ1v) is 15.8. The van der Waals surface area contributed by atoms with Gasteiger partial charge in [-0.05, 0) is 56.2 Å². The van der Waals surface area contributed by atoms with Gasteiger partial charge in [-0.2, -0.15) is 0 Å². The predicted octanol–water partition coefficient (Wildman–Crippen LogP) is 4.88. The quantitative estimate of drug-likeness (QED) is 0.203. The summed E-state index contributed by atoms with van der Waals surface area (Å²) < 4.78 is 16.2. The van der Waals surface area contributed by atoms with E-state index in [9.17, 15) is 19.2 Å². The van der Waals surface area contributed by atoms with Crippen molar-refractivity contribution in [3.63, 3.8) is 0 Å². The smallest absolute Gasteiger partial charge is 0.410 e. The molecule has 2 N–H and O–H groups in total. The van der Waals surface area contributed by atoms with Gasteiger partial charge in [-0.1, -0.05) is 55.3 Å². The third-order valence-electron chi connectivity index (χ3n) is 7.63. The van der Waals surface area contributed by atoms with Crippen molar-refractivity contribution < 1.29 is 33.4 Å². The molecule has 0 unspecified atom stereocenters. The monoisotopic (exact) mass is 611 g/mol. The Balaban J connectivity index is 1.21. The van der Waals surface area contributed by atoms with E-state index in [1.807, 2.05) is 42.5 Å². The minimum atomic E-state index is -1.04. The molecule has 1 fully saturated rings. The highest BCUT2D eigenvalue weighted by Gasteiger charge is 2.31. The van der Waals surface area contributed by atoms with E-state index in [-0.39, 0.29) is 38.2 Å². The van der Waals surface area contributed by atoms with Crippen molar-refractivity contribution in [2.75, 3.05) is 31.1 Å². The molecule has 2 atom stereocenters. The maximum absolute atomic E-state index is 13.0. The summed E-state index contributed by atoms with van der Waals surface area (Å²) in [6.45, 7) is 3.14. The van der Waals surface area contributed by atoms with E-state index in [1.165, 1.54) is 16.7 Å². The molecule has 2 aromatic rings. The number of thioether (sulfide) groups is 1. The summed E-state index contributed by atoms with van der Waals surface area (Å²) in [4.78, 5) is 54.8. The van der Waals surface area contributed by atoms with E-state index in [0.29, 0.717) is 37.5 Å². The molecule has 2 aromatic carbocycles. The number of likely N-dealkylation sites (tertiary alicyclic amines) is 1. The second kappa shape index (κ2) is 16.3. The van der Waals surface area contributed by atoms with Crippen LogP contribution in [0.25, 0.3) is 0 Å². The Hall–Kier alpha value is -3.57. The number of nitrogens with zero attached hydrogens (tertiary/aromatic N) is 2. The van der Waals surface area contributed by atoms with Crippen LogP contribution in [-0.4, -0.2) is 66.6 Å². The zero-order chi connectivity index (χ0) is 30.6. The minimum absolute atomic E-state index is 0.0851. The lowest BCUT2D eigenvalue weighted by Crippen LogP contribution is -2.40. The molecule has 4 rings (SSSR count). The first kappa shape index (κ1) is 32.3. The van der Waals surface area contributed by atoms with Crippen molar-refractivity contribution in [3.05, 3.63) is 60.2 Å². The number of esters is 2. The van der Waals surface area contributed by atoms with Crippen LogP contribution in [0.2, 0.25) is 0 Å². The number of unbranched alkanes of at least 4 members (excludes halogenated alkanes) is 1. The Labute approximate surface area is 257 Å². The normalized spacial score (nSPS) is 17.9. The number of piperidine rings is 1. The fourth-order valence-electron chi connectivity index (χ4n) is 5.34. The molecule has 1 saturated heterocycles. The van der Waals surface area contributed by atoms with Crippen molar-refractivity contribution >= 4 is 41.4 Å². The topological polar surface area (TPSA) is 128 Å². The lowest BCUT2D eigenvalue weighted by molar-refractivity contribution is -0.167. The summed E-state index contributed by atoms with van der Waals surface area (Å²) in [5, 5.41) is -0.414. The Morgan fingerprint density at radius 2 is 1.72 bits per heavy atom. The van der Waals surface area contributed by atoms with E-state index in [1.54, 1.807) is 24.0 Å². The molecule has 0 aliphatic carbocycles. The van der Waals surface area contributed by atoms with E-state index in [4.69, 9.17) is 19.9 Å². The molecule has 0 saturated carbocycles. The Morgan fingerprint density at radius 3 is 2.47 bits per heavy atom. The molecule has 10 nitrogen and oxygen atoms in total. The molecule has 2 heterocycles. The van der Waals surface area contributed by atoms with Crippen LogP contribution in [0, 0.1) is 5.92 Å². The van der Waals surface area contributed by atoms with Crippen LogP contribution in [0.15, 0.2) is 59.5 Å². The maximum Gasteiger partial charge on any atom is 0.410 e. The number of nitrogens with two attached hydrogens (primary N) is 1. The molecule has 0 bridgehead atoms. The fraction of sp³-hybridized carbons (Fsp3) is 0.500. The average Bonchev–Trinajstić information content (AvgIpc) is 3.12. The van der Waals surface area contributed by atoms with Crippen LogP contribution in [0.4, 0.5) is 10.5 Å². The number of rotatable bonds is 12. The van der Waals surface area contributed by atoms with Crippen LogP contribution in [0.3, 0.4) is 0 Å². The Bertz CT molecular complexity index is 1240. The number of carbonyl (C=O) groups is 4. The fourth-order valence-corrected chi connectivity index (χ4v) is 6.35. The highest BCUT2D eigenvalue weighted by molar-refractivity contribution is 8.00. The second-order valence-corrected chi connectivity index (χ2v) is 12.1. The molecule has 2 aliphatic heterocycles. The number of benzene rings is 2. The molecule has 0 spiro atoms. The van der Waals surface area contributed by atoms with Crippen molar-refractivity contribution in [2.24, 2.45) is 11.7 Å². The van der Waals surface area contributed by atoms with Crippen LogP contribution < -0.4 is 10.6 Å². The third-order valence-corrected chi connectivity index (χ3v) is 8.70. The standard InChI is InChI=1S/C32H41N3O7S/c1-2-40-31(38)26(42-30(37)21-35-25-13-7-9-15-27(25)43-28(33)20-29(35)36)14-8-6-10-23-16-18-34(19-17-23)32(39)41-22-24-11-4-3-5-12-24/h3-5,7,9,11-13,15,23,26,28H,2,6,8,10,14,16-22,33H2,1H3/t26-,28-/m1/s1. The molecule has 0 radical (unpaired) electrons. The van der Waals surface area contributed by atoms with Gasteiger partial charge in [-0.15, -0.1) is 11.8 Å². The molecule has 2 aliphatic rings. The van der Waals surface area contributed by atoms with Gasteiger partial charge in [-0.3, -0.25) is 14.5 Å². The van der Waals surface area contributed by atoms with Crippen LogP contribution in [0.5, 0.6) is 0 Å². The van der Waals surface area contributed by atoms with Gasteiger partial charge in [0.25, 0.3) is 0 Å². The van der Waals surface area contributed by atoms with Gasteiger partial charge in [0.05, 0.1) is 24.1 Å². The summed E-state index contributed by atoms with van der Waals surface area (Å²) >= 11 is 1.38. The van der Waals surface area contributed by atoms with Crippen LogP contribution in [0.1, 0.15) is 57.4 Å². The Morgan fingerprint density at radius 1 is 1.00 bits per heavy atom. The van der Waals surface area contributed by atoms with E-state index in [2.05, 4.69) is 0 Å². The van der Waals surface area contributed by atoms with E-state index in [0.717, 1.165) is 36.1 Å². The minimum Gasteiger partial charge on any atom is -0.463 e. The lowest BCUT2D eigenvalue weighted by Gasteiger charge is -2.31. The van der Waals surface area contributed by atoms with Crippen molar-refractivity contribution in [3.8, 4) is 0 Å². The number of hydrogen-bond donors (Lipinski definition) is 1. The number of ether oxygens (including phenoxy) is 3. The number of para-hydroxylation sites is 1. The van der Waals surface area contributed by atoms with Gasteiger partial charge in [0.15, 0.2) is 6.10 Å². The van der Waals surface area contributed by atoms with Crippen molar-refractivity contribution in [2.45, 2.75) is 74.8 Å². The number of fused-ring (bicyclic) bond motifs is 1. The van der Waals surface area contributed by atoms with Gasteiger partial charge >= 0.3 is 18.0 Å².